The third kappa shape index (κ3) is 5.04. The fourth-order valence-electron chi connectivity index (χ4n) is 5.43. The van der Waals surface area contributed by atoms with Gasteiger partial charge in [0.2, 0.25) is 0 Å². The van der Waals surface area contributed by atoms with Crippen LogP contribution in [0.1, 0.15) is 61.7 Å². The molecule has 0 atom stereocenters. The highest BCUT2D eigenvalue weighted by atomic mass is 19.1. The molecule has 1 aliphatic rings. The van der Waals surface area contributed by atoms with Crippen LogP contribution in [0.3, 0.4) is 0 Å². The van der Waals surface area contributed by atoms with Gasteiger partial charge >= 0.3 is 5.97 Å². The maximum atomic E-state index is 15.4. The highest BCUT2D eigenvalue weighted by Crippen LogP contribution is 2.42. The van der Waals surface area contributed by atoms with E-state index < -0.39 is 0 Å². The summed E-state index contributed by atoms with van der Waals surface area (Å²) in [5.41, 5.74) is 8.91. The summed E-state index contributed by atoms with van der Waals surface area (Å²) in [5.74, 6) is -0.391. The Hall–Kier alpha value is -3.67. The van der Waals surface area contributed by atoms with Gasteiger partial charge in [-0.1, -0.05) is 36.8 Å². The maximum Gasteiger partial charge on any atom is 0.310 e. The zero-order valence-corrected chi connectivity index (χ0v) is 23.5. The van der Waals surface area contributed by atoms with Crippen LogP contribution < -0.4 is 4.74 Å². The largest absolute Gasteiger partial charge is 0.490 e. The molecule has 0 amide bonds. The number of carbonyl (C=O) groups excluding carboxylic acids is 1. The molecule has 2 aromatic heterocycles. The Labute approximate surface area is 224 Å². The minimum atomic E-state index is -0.377. The van der Waals surface area contributed by atoms with E-state index in [1.54, 1.807) is 6.07 Å². The van der Waals surface area contributed by atoms with Crippen LogP contribution >= 0.6 is 0 Å². The Bertz CT molecular complexity index is 1490. The molecule has 0 N–H and O–H groups in total. The van der Waals surface area contributed by atoms with Crippen LogP contribution in [0.15, 0.2) is 42.0 Å². The molecule has 0 bridgehead atoms. The van der Waals surface area contributed by atoms with Crippen molar-refractivity contribution in [3.05, 3.63) is 75.9 Å². The van der Waals surface area contributed by atoms with Gasteiger partial charge in [0.25, 0.3) is 0 Å². The number of rotatable bonds is 7. The van der Waals surface area contributed by atoms with E-state index in [1.165, 1.54) is 12.7 Å². The number of methoxy groups -OCH3 is 1. The normalized spacial score (nSPS) is 14.2. The van der Waals surface area contributed by atoms with Gasteiger partial charge in [0.15, 0.2) is 11.6 Å². The van der Waals surface area contributed by atoms with Gasteiger partial charge in [-0.3, -0.25) is 4.79 Å². The highest BCUT2D eigenvalue weighted by Gasteiger charge is 2.26. The Morgan fingerprint density at radius 2 is 2.05 bits per heavy atom. The molecule has 0 aliphatic carbocycles. The first-order valence-electron chi connectivity index (χ1n) is 13.2. The summed E-state index contributed by atoms with van der Waals surface area (Å²) in [6.45, 7) is 10.6. The van der Waals surface area contributed by atoms with Gasteiger partial charge in [0.05, 0.1) is 25.8 Å². The van der Waals surface area contributed by atoms with Crippen molar-refractivity contribution in [2.75, 3.05) is 13.7 Å². The van der Waals surface area contributed by atoms with Gasteiger partial charge in [0.1, 0.15) is 5.65 Å². The van der Waals surface area contributed by atoms with Crippen LogP contribution in [0.4, 0.5) is 4.39 Å². The summed E-state index contributed by atoms with van der Waals surface area (Å²) >= 11 is 0. The summed E-state index contributed by atoms with van der Waals surface area (Å²) in [5, 5.41) is 0.874. The van der Waals surface area contributed by atoms with E-state index >= 15 is 4.39 Å². The number of hydrogen-bond donors (Lipinski definition) is 0. The summed E-state index contributed by atoms with van der Waals surface area (Å²) in [6.07, 6.45) is 11.1. The molecule has 3 heterocycles. The molecule has 0 radical (unpaired) electrons. The second-order valence-electron chi connectivity index (χ2n) is 9.88. The van der Waals surface area contributed by atoms with Gasteiger partial charge in [0, 0.05) is 23.7 Å². The molecule has 0 saturated carbocycles. The van der Waals surface area contributed by atoms with Crippen molar-refractivity contribution in [1.29, 1.82) is 0 Å². The first kappa shape index (κ1) is 27.4. The molecule has 1 aromatic carbocycles. The number of benzene rings is 1. The first-order valence-corrected chi connectivity index (χ1v) is 13.2. The molecule has 0 spiro atoms. The van der Waals surface area contributed by atoms with Crippen molar-refractivity contribution in [2.45, 2.75) is 60.3 Å². The molecule has 3 aromatic rings. The zero-order chi connectivity index (χ0) is 27.6. The van der Waals surface area contributed by atoms with Crippen LogP contribution in [0.25, 0.3) is 27.7 Å². The SMILES string of the molecule is C\C=C/C(=C\C(C)=C\CC)c1cc2c(-c3cc(F)c4c(c3C)CCCO4)c(CC(=O)OC)c(C)nc2n1C. The number of hydrogen-bond acceptors (Lipinski definition) is 4. The lowest BCUT2D eigenvalue weighted by Crippen LogP contribution is -2.13. The van der Waals surface area contributed by atoms with Crippen LogP contribution in [0, 0.1) is 19.7 Å². The number of pyridine rings is 1. The number of nitrogens with zero attached hydrogens (tertiary/aromatic N) is 2. The average Bonchev–Trinajstić information content (AvgIpc) is 3.22. The van der Waals surface area contributed by atoms with Crippen molar-refractivity contribution in [3.63, 3.8) is 0 Å². The molecule has 200 valence electrons. The predicted octanol–water partition coefficient (Wildman–Crippen LogP) is 7.35. The van der Waals surface area contributed by atoms with E-state index in [1.807, 2.05) is 33.9 Å². The van der Waals surface area contributed by atoms with E-state index in [0.29, 0.717) is 12.4 Å². The fourth-order valence-corrected chi connectivity index (χ4v) is 5.43. The second-order valence-corrected chi connectivity index (χ2v) is 9.88. The third-order valence-electron chi connectivity index (χ3n) is 7.29. The summed E-state index contributed by atoms with van der Waals surface area (Å²) in [6, 6.07) is 3.66. The molecule has 38 heavy (non-hydrogen) atoms. The van der Waals surface area contributed by atoms with Crippen LogP contribution in [-0.4, -0.2) is 29.2 Å². The maximum absolute atomic E-state index is 15.4. The summed E-state index contributed by atoms with van der Waals surface area (Å²) in [7, 11) is 3.38. The monoisotopic (exact) mass is 516 g/mol. The molecular formula is C32H37FN2O3. The summed E-state index contributed by atoms with van der Waals surface area (Å²) in [4.78, 5) is 17.4. The lowest BCUT2D eigenvalue weighted by Gasteiger charge is -2.23. The third-order valence-corrected chi connectivity index (χ3v) is 7.29. The molecule has 5 nitrogen and oxygen atoms in total. The summed E-state index contributed by atoms with van der Waals surface area (Å²) < 4.78 is 28.2. The van der Waals surface area contributed by atoms with E-state index in [-0.39, 0.29) is 18.2 Å². The van der Waals surface area contributed by atoms with E-state index in [2.05, 4.69) is 42.7 Å². The van der Waals surface area contributed by atoms with Gasteiger partial charge in [-0.25, -0.2) is 9.37 Å². The zero-order valence-electron chi connectivity index (χ0n) is 23.5. The minimum absolute atomic E-state index is 0.0510. The number of allylic oxidation sites excluding steroid dienone is 6. The number of carbonyl (C=O) groups is 1. The predicted molar refractivity (Wildman–Crippen MR) is 152 cm³/mol. The Morgan fingerprint density at radius 1 is 1.29 bits per heavy atom. The molecule has 4 rings (SSSR count). The highest BCUT2D eigenvalue weighted by molar-refractivity contribution is 6.00. The number of aromatic nitrogens is 2. The molecule has 1 aliphatic heterocycles. The number of fused-ring (bicyclic) bond motifs is 2. The van der Waals surface area contributed by atoms with Crippen molar-refractivity contribution in [3.8, 4) is 16.9 Å². The van der Waals surface area contributed by atoms with Crippen molar-refractivity contribution >= 4 is 22.6 Å². The van der Waals surface area contributed by atoms with Gasteiger partial charge in [-0.2, -0.15) is 0 Å². The Balaban J connectivity index is 2.09. The smallest absolute Gasteiger partial charge is 0.310 e. The minimum Gasteiger partial charge on any atom is -0.490 e. The van der Waals surface area contributed by atoms with Crippen LogP contribution in [0.2, 0.25) is 0 Å². The Morgan fingerprint density at radius 3 is 2.74 bits per heavy atom. The number of halogens is 1. The van der Waals surface area contributed by atoms with Crippen molar-refractivity contribution in [1.82, 2.24) is 9.55 Å². The Kier molecular flexibility index (Phi) is 8.20. The first-order chi connectivity index (χ1) is 18.2. The number of ether oxygens (including phenoxy) is 2. The topological polar surface area (TPSA) is 53.4 Å². The number of aryl methyl sites for hydroxylation is 2. The van der Waals surface area contributed by atoms with Gasteiger partial charge in [-0.15, -0.1) is 0 Å². The van der Waals surface area contributed by atoms with Crippen molar-refractivity contribution in [2.24, 2.45) is 7.05 Å². The standard InChI is InChI=1S/C32H37FN2O3/c1-8-11-19(3)15-22(12-9-2)28-17-26-30(24-16-27(33)31-23(20(24)4)13-10-14-38-31)25(18-29(36)37-7)21(5)34-32(26)35(28)6/h9,11-12,15-17H,8,10,13-14,18H2,1-7H3/b12-9-,19-11+,22-15+. The van der Waals surface area contributed by atoms with E-state index in [9.17, 15) is 4.79 Å². The molecule has 0 unspecified atom stereocenters. The van der Waals surface area contributed by atoms with Crippen molar-refractivity contribution < 1.29 is 18.7 Å². The van der Waals surface area contributed by atoms with Gasteiger partial charge < -0.3 is 14.0 Å². The number of esters is 1. The lowest BCUT2D eigenvalue weighted by molar-refractivity contribution is -0.139. The molecule has 0 fully saturated rings. The molecular weight excluding hydrogens is 479 g/mol. The molecule has 6 heteroatoms. The lowest BCUT2D eigenvalue weighted by atomic mass is 9.87. The fraction of sp³-hybridized carbons (Fsp3) is 0.375. The quantitative estimate of drug-likeness (QED) is 0.243. The van der Waals surface area contributed by atoms with Crippen LogP contribution in [-0.2, 0) is 29.4 Å². The van der Waals surface area contributed by atoms with E-state index in [4.69, 9.17) is 14.5 Å². The second kappa shape index (κ2) is 11.4. The van der Waals surface area contributed by atoms with Crippen LogP contribution in [0.5, 0.6) is 5.75 Å². The van der Waals surface area contributed by atoms with E-state index in [0.717, 1.165) is 75.1 Å². The molecule has 0 saturated heterocycles. The van der Waals surface area contributed by atoms with Gasteiger partial charge in [-0.05, 0) is 86.9 Å². The average molecular weight is 517 g/mol.